The van der Waals surface area contributed by atoms with Gasteiger partial charge in [-0.1, -0.05) is 23.7 Å². The lowest BCUT2D eigenvalue weighted by Crippen LogP contribution is -2.41. The first-order chi connectivity index (χ1) is 14.8. The van der Waals surface area contributed by atoms with Gasteiger partial charge in [0.15, 0.2) is 0 Å². The average Bonchev–Trinajstić information content (AvgIpc) is 2.78. The maximum atomic E-state index is 12.9. The number of halogens is 1. The quantitative estimate of drug-likeness (QED) is 0.656. The molecule has 3 rings (SSSR count). The molecule has 1 aliphatic rings. The Morgan fingerprint density at radius 2 is 1.77 bits per heavy atom. The van der Waals surface area contributed by atoms with E-state index in [1.807, 2.05) is 0 Å². The van der Waals surface area contributed by atoms with E-state index in [-0.39, 0.29) is 40.4 Å². The fourth-order valence-corrected chi connectivity index (χ4v) is 5.25. The Kier molecular flexibility index (Phi) is 7.19. The number of para-hydroxylation sites is 1. The van der Waals surface area contributed by atoms with Crippen molar-refractivity contribution in [1.29, 1.82) is 0 Å². The van der Waals surface area contributed by atoms with Crippen LogP contribution >= 0.6 is 11.6 Å². The van der Waals surface area contributed by atoms with Crippen LogP contribution in [0.15, 0.2) is 47.4 Å². The van der Waals surface area contributed by atoms with Gasteiger partial charge in [-0.05, 0) is 43.2 Å². The van der Waals surface area contributed by atoms with E-state index in [0.29, 0.717) is 24.3 Å². The molecule has 0 aromatic heterocycles. The number of hydrogen-bond acceptors (Lipinski definition) is 6. The summed E-state index contributed by atoms with van der Waals surface area (Å²) in [6.07, 6.45) is 0.713. The summed E-state index contributed by atoms with van der Waals surface area (Å²) in [5.74, 6) is -0.796. The standard InChI is InChI=1S/C21H23ClN2O6S/c1-29-19-8-7-15(13-17(19)22)31(27,28)24-11-9-14(10-12-24)20(25)23-18-6-4-3-5-16(18)21(26)30-2/h3-8,13-14H,9-12H2,1-2H3,(H,23,25). The Balaban J connectivity index is 1.66. The summed E-state index contributed by atoms with van der Waals surface area (Å²) in [6, 6.07) is 10.9. The number of benzene rings is 2. The molecule has 10 heteroatoms. The van der Waals surface area contributed by atoms with E-state index in [9.17, 15) is 18.0 Å². The van der Waals surface area contributed by atoms with Gasteiger partial charge in [0, 0.05) is 19.0 Å². The molecule has 1 saturated heterocycles. The molecule has 2 aromatic rings. The Morgan fingerprint density at radius 1 is 1.10 bits per heavy atom. The molecule has 0 saturated carbocycles. The van der Waals surface area contributed by atoms with Crippen molar-refractivity contribution in [1.82, 2.24) is 4.31 Å². The topological polar surface area (TPSA) is 102 Å². The molecule has 0 aliphatic carbocycles. The van der Waals surface area contributed by atoms with Gasteiger partial charge in [-0.3, -0.25) is 4.79 Å². The fraction of sp³-hybridized carbons (Fsp3) is 0.333. The van der Waals surface area contributed by atoms with Crippen LogP contribution in [0.25, 0.3) is 0 Å². The predicted octanol–water partition coefficient (Wildman–Crippen LogP) is 3.17. The largest absolute Gasteiger partial charge is 0.495 e. The van der Waals surface area contributed by atoms with E-state index in [1.165, 1.54) is 36.7 Å². The van der Waals surface area contributed by atoms with Crippen LogP contribution in [0.4, 0.5) is 5.69 Å². The molecule has 0 bridgehead atoms. The van der Waals surface area contributed by atoms with E-state index in [0.717, 1.165) is 0 Å². The lowest BCUT2D eigenvalue weighted by Gasteiger charge is -2.30. The van der Waals surface area contributed by atoms with E-state index in [4.69, 9.17) is 21.1 Å². The Labute approximate surface area is 186 Å². The highest BCUT2D eigenvalue weighted by atomic mass is 35.5. The Morgan fingerprint density at radius 3 is 2.39 bits per heavy atom. The number of esters is 1. The fourth-order valence-electron chi connectivity index (χ4n) is 3.43. The van der Waals surface area contributed by atoms with Crippen molar-refractivity contribution in [2.75, 3.05) is 32.6 Å². The number of nitrogens with zero attached hydrogens (tertiary/aromatic N) is 1. The average molecular weight is 467 g/mol. The van der Waals surface area contributed by atoms with Crippen LogP contribution in [0.2, 0.25) is 5.02 Å². The maximum absolute atomic E-state index is 12.9. The van der Waals surface area contributed by atoms with E-state index in [1.54, 1.807) is 24.3 Å². The van der Waals surface area contributed by atoms with Crippen molar-refractivity contribution >= 4 is 39.2 Å². The molecule has 8 nitrogen and oxygen atoms in total. The normalized spacial score (nSPS) is 15.3. The van der Waals surface area contributed by atoms with Gasteiger partial charge in [0.2, 0.25) is 15.9 Å². The summed E-state index contributed by atoms with van der Waals surface area (Å²) >= 11 is 6.07. The van der Waals surface area contributed by atoms with Gasteiger partial charge in [-0.25, -0.2) is 13.2 Å². The SMILES string of the molecule is COC(=O)c1ccccc1NC(=O)C1CCN(S(=O)(=O)c2ccc(OC)c(Cl)c2)CC1. The van der Waals surface area contributed by atoms with E-state index < -0.39 is 16.0 Å². The summed E-state index contributed by atoms with van der Waals surface area (Å²) in [7, 11) is -1.01. The molecule has 1 fully saturated rings. The second-order valence-electron chi connectivity index (χ2n) is 7.00. The molecule has 0 atom stereocenters. The molecule has 1 aliphatic heterocycles. The molecule has 1 amide bonds. The number of amides is 1. The summed E-state index contributed by atoms with van der Waals surface area (Å²) in [5.41, 5.74) is 0.622. The highest BCUT2D eigenvalue weighted by Crippen LogP contribution is 2.30. The van der Waals surface area contributed by atoms with Gasteiger partial charge in [-0.15, -0.1) is 0 Å². The van der Waals surface area contributed by atoms with Crippen LogP contribution in [-0.4, -0.2) is 51.9 Å². The summed E-state index contributed by atoms with van der Waals surface area (Å²) in [6.45, 7) is 0.394. The number of piperidine rings is 1. The third-order valence-corrected chi connectivity index (χ3v) is 7.37. The number of ether oxygens (including phenoxy) is 2. The molecule has 166 valence electrons. The van der Waals surface area contributed by atoms with E-state index >= 15 is 0 Å². The molecule has 1 heterocycles. The first-order valence-corrected chi connectivity index (χ1v) is 11.4. The highest BCUT2D eigenvalue weighted by Gasteiger charge is 2.32. The Bertz CT molecular complexity index is 1080. The zero-order valence-corrected chi connectivity index (χ0v) is 18.7. The second kappa shape index (κ2) is 9.67. The molecule has 0 spiro atoms. The maximum Gasteiger partial charge on any atom is 0.339 e. The summed E-state index contributed by atoms with van der Waals surface area (Å²) < 4.78 is 37.0. The number of carbonyl (C=O) groups is 2. The number of sulfonamides is 1. The van der Waals surface area contributed by atoms with Gasteiger partial charge >= 0.3 is 5.97 Å². The first-order valence-electron chi connectivity index (χ1n) is 9.60. The van der Waals surface area contributed by atoms with Crippen LogP contribution < -0.4 is 10.1 Å². The lowest BCUT2D eigenvalue weighted by molar-refractivity contribution is -0.120. The van der Waals surface area contributed by atoms with Crippen molar-refractivity contribution < 1.29 is 27.5 Å². The summed E-state index contributed by atoms with van der Waals surface area (Å²) in [5, 5.41) is 2.97. The van der Waals surface area contributed by atoms with Gasteiger partial charge in [0.1, 0.15) is 5.75 Å². The third kappa shape index (κ3) is 5.00. The lowest BCUT2D eigenvalue weighted by atomic mass is 9.97. The number of nitrogens with one attached hydrogen (secondary N) is 1. The molecule has 0 radical (unpaired) electrons. The molecular weight excluding hydrogens is 444 g/mol. The van der Waals surface area contributed by atoms with E-state index in [2.05, 4.69) is 5.32 Å². The molecule has 1 N–H and O–H groups in total. The van der Waals surface area contributed by atoms with Crippen molar-refractivity contribution in [3.63, 3.8) is 0 Å². The van der Waals surface area contributed by atoms with Gasteiger partial charge in [0.05, 0.1) is 35.4 Å². The van der Waals surface area contributed by atoms with Crippen molar-refractivity contribution in [2.45, 2.75) is 17.7 Å². The van der Waals surface area contributed by atoms with Crippen molar-refractivity contribution in [3.05, 3.63) is 53.1 Å². The zero-order valence-electron chi connectivity index (χ0n) is 17.1. The number of hydrogen-bond donors (Lipinski definition) is 1. The third-order valence-electron chi connectivity index (χ3n) is 5.18. The van der Waals surface area contributed by atoms with Crippen LogP contribution in [-0.2, 0) is 19.6 Å². The summed E-state index contributed by atoms with van der Waals surface area (Å²) in [4.78, 5) is 24.7. The minimum absolute atomic E-state index is 0.0770. The van der Waals surface area contributed by atoms with Gasteiger partial charge in [-0.2, -0.15) is 4.31 Å². The number of carbonyl (C=O) groups excluding carboxylic acids is 2. The predicted molar refractivity (Wildman–Crippen MR) is 116 cm³/mol. The molecule has 31 heavy (non-hydrogen) atoms. The van der Waals surface area contributed by atoms with Crippen LogP contribution in [0.5, 0.6) is 5.75 Å². The van der Waals surface area contributed by atoms with Crippen molar-refractivity contribution in [2.24, 2.45) is 5.92 Å². The number of methoxy groups -OCH3 is 2. The second-order valence-corrected chi connectivity index (χ2v) is 9.35. The van der Waals surface area contributed by atoms with Gasteiger partial charge in [0.25, 0.3) is 0 Å². The van der Waals surface area contributed by atoms with Crippen LogP contribution in [0, 0.1) is 5.92 Å². The molecular formula is C21H23ClN2O6S. The van der Waals surface area contributed by atoms with Crippen molar-refractivity contribution in [3.8, 4) is 5.75 Å². The van der Waals surface area contributed by atoms with Gasteiger partial charge < -0.3 is 14.8 Å². The smallest absolute Gasteiger partial charge is 0.339 e. The van der Waals surface area contributed by atoms with Crippen LogP contribution in [0.1, 0.15) is 23.2 Å². The highest BCUT2D eigenvalue weighted by molar-refractivity contribution is 7.89. The minimum Gasteiger partial charge on any atom is -0.495 e. The minimum atomic E-state index is -3.74. The van der Waals surface area contributed by atoms with Crippen LogP contribution in [0.3, 0.4) is 0 Å². The zero-order chi connectivity index (χ0) is 22.6. The Hall–Kier alpha value is -2.62. The number of anilines is 1. The molecule has 0 unspecified atom stereocenters. The molecule has 2 aromatic carbocycles. The number of rotatable bonds is 6. The first kappa shape index (κ1) is 23.1. The monoisotopic (exact) mass is 466 g/mol.